The quantitative estimate of drug-likeness (QED) is 0.182. The number of esters is 1. The van der Waals surface area contributed by atoms with Crippen LogP contribution in [0, 0.1) is 0 Å². The summed E-state index contributed by atoms with van der Waals surface area (Å²) < 4.78 is 25.3. The molecule has 0 unspecified atom stereocenters. The molecule has 4 aromatic rings. The number of carboxylic acids is 1. The number of para-hydroxylation sites is 1. The molecule has 48 heavy (non-hydrogen) atoms. The lowest BCUT2D eigenvalue weighted by molar-refractivity contribution is -0.139. The number of allylic oxidation sites excluding steroid dienone is 1. The smallest absolute Gasteiger partial charge is 0.338 e. The van der Waals surface area contributed by atoms with E-state index >= 15 is 0 Å². The van der Waals surface area contributed by atoms with E-state index in [4.69, 9.17) is 35.7 Å². The van der Waals surface area contributed by atoms with Crippen molar-refractivity contribution in [1.29, 1.82) is 0 Å². The van der Waals surface area contributed by atoms with Gasteiger partial charge in [-0.1, -0.05) is 53.3 Å². The van der Waals surface area contributed by atoms with Crippen molar-refractivity contribution in [3.63, 3.8) is 0 Å². The standard InChI is InChI=1S/C36H35ClN2O8S/c1-6-44-28-17-23(16-26(37)32(28)46-19-22-12-14-24(15-13-22)34(41)42)18-29-33(40)39-31(25-10-8-9-11-27(25)47-20(3)4)30(35(43)45-7-2)21(5)38-36(39)48-29/h8-18,20,31H,6-7,19H2,1-5H3,(H,41,42)/b29-18+/t31-/m0/s1. The van der Waals surface area contributed by atoms with Crippen LogP contribution < -0.4 is 29.1 Å². The third-order valence-electron chi connectivity index (χ3n) is 7.31. The van der Waals surface area contributed by atoms with E-state index in [0.29, 0.717) is 50.0 Å². The number of hydrogen-bond acceptors (Lipinski definition) is 9. The lowest BCUT2D eigenvalue weighted by Crippen LogP contribution is -2.40. The maximum absolute atomic E-state index is 14.2. The fourth-order valence-corrected chi connectivity index (χ4v) is 6.60. The molecule has 2 heterocycles. The van der Waals surface area contributed by atoms with Crippen LogP contribution in [0.25, 0.3) is 6.08 Å². The van der Waals surface area contributed by atoms with Gasteiger partial charge in [0, 0.05) is 5.56 Å². The van der Waals surface area contributed by atoms with Gasteiger partial charge in [-0.05, 0) is 82.2 Å². The topological polar surface area (TPSA) is 126 Å². The molecule has 0 radical (unpaired) electrons. The van der Waals surface area contributed by atoms with Crippen LogP contribution in [0.5, 0.6) is 17.2 Å². The lowest BCUT2D eigenvalue weighted by Gasteiger charge is -2.26. The second-order valence-electron chi connectivity index (χ2n) is 11.1. The Morgan fingerprint density at radius 2 is 1.77 bits per heavy atom. The molecule has 1 N–H and O–H groups in total. The Morgan fingerprint density at radius 3 is 2.44 bits per heavy atom. The van der Waals surface area contributed by atoms with Gasteiger partial charge in [-0.3, -0.25) is 9.36 Å². The summed E-state index contributed by atoms with van der Waals surface area (Å²) in [4.78, 5) is 43.8. The molecule has 1 aliphatic heterocycles. The van der Waals surface area contributed by atoms with Gasteiger partial charge in [0.05, 0.1) is 45.7 Å². The van der Waals surface area contributed by atoms with Crippen molar-refractivity contribution >= 4 is 41.0 Å². The highest BCUT2D eigenvalue weighted by Crippen LogP contribution is 2.38. The molecule has 0 spiro atoms. The summed E-state index contributed by atoms with van der Waals surface area (Å²) in [5.41, 5.74) is 2.51. The Kier molecular flexibility index (Phi) is 10.7. The molecule has 3 aromatic carbocycles. The molecule has 0 aliphatic carbocycles. The fraction of sp³-hybridized carbons (Fsp3) is 0.278. The number of hydrogen-bond donors (Lipinski definition) is 1. The van der Waals surface area contributed by atoms with Crippen molar-refractivity contribution in [3.05, 3.63) is 119 Å². The first kappa shape index (κ1) is 34.5. The Bertz CT molecular complexity index is 2060. The minimum Gasteiger partial charge on any atom is -0.491 e. The molecule has 0 bridgehead atoms. The number of rotatable bonds is 12. The summed E-state index contributed by atoms with van der Waals surface area (Å²) in [6, 6.07) is 16.2. The maximum atomic E-state index is 14.2. The minimum atomic E-state index is -1.01. The minimum absolute atomic E-state index is 0.127. The maximum Gasteiger partial charge on any atom is 0.338 e. The number of aromatic nitrogens is 1. The number of thiazole rings is 1. The number of carboxylic acid groups (broad SMARTS) is 1. The van der Waals surface area contributed by atoms with E-state index < -0.39 is 18.0 Å². The number of fused-ring (bicyclic) bond motifs is 1. The molecule has 1 aliphatic rings. The molecule has 1 atom stereocenters. The highest BCUT2D eigenvalue weighted by molar-refractivity contribution is 7.07. The highest BCUT2D eigenvalue weighted by atomic mass is 35.5. The summed E-state index contributed by atoms with van der Waals surface area (Å²) in [6.07, 6.45) is 1.55. The molecule has 0 amide bonds. The Hall–Kier alpha value is -4.87. The van der Waals surface area contributed by atoms with Crippen LogP contribution in [0.1, 0.15) is 67.7 Å². The zero-order valence-electron chi connectivity index (χ0n) is 27.1. The Balaban J connectivity index is 1.58. The molecular weight excluding hydrogens is 656 g/mol. The number of carbonyl (C=O) groups is 2. The Labute approximate surface area is 286 Å². The SMILES string of the molecule is CCOC(=O)C1=C(C)N=c2s/c(=C/c3cc(Cl)c(OCc4ccc(C(=O)O)cc4)c(OCC)c3)c(=O)n2[C@H]1c1ccccc1OC(C)C. The van der Waals surface area contributed by atoms with Crippen LogP contribution in [0.2, 0.25) is 5.02 Å². The van der Waals surface area contributed by atoms with Gasteiger partial charge in [0.15, 0.2) is 16.3 Å². The van der Waals surface area contributed by atoms with Crippen LogP contribution >= 0.6 is 22.9 Å². The molecule has 0 fully saturated rings. The molecule has 250 valence electrons. The summed E-state index contributed by atoms with van der Waals surface area (Å²) in [5.74, 6) is -0.327. The second-order valence-corrected chi connectivity index (χ2v) is 12.5. The van der Waals surface area contributed by atoms with E-state index in [2.05, 4.69) is 4.99 Å². The molecule has 5 rings (SSSR count). The molecule has 0 saturated heterocycles. The fourth-order valence-electron chi connectivity index (χ4n) is 5.28. The second kappa shape index (κ2) is 14.9. The predicted molar refractivity (Wildman–Crippen MR) is 183 cm³/mol. The van der Waals surface area contributed by atoms with Crippen molar-refractivity contribution in [1.82, 2.24) is 4.57 Å². The monoisotopic (exact) mass is 690 g/mol. The molecular formula is C36H35ClN2O8S. The number of nitrogens with zero attached hydrogens (tertiary/aromatic N) is 2. The van der Waals surface area contributed by atoms with Crippen LogP contribution in [-0.4, -0.2) is 40.9 Å². The summed E-state index contributed by atoms with van der Waals surface area (Å²) in [5, 5.41) is 9.43. The third-order valence-corrected chi connectivity index (χ3v) is 8.57. The lowest BCUT2D eigenvalue weighted by atomic mass is 9.95. The first-order valence-corrected chi connectivity index (χ1v) is 16.6. The van der Waals surface area contributed by atoms with Gasteiger partial charge in [-0.2, -0.15) is 0 Å². The van der Waals surface area contributed by atoms with Crippen molar-refractivity contribution in [2.24, 2.45) is 4.99 Å². The van der Waals surface area contributed by atoms with Crippen molar-refractivity contribution < 1.29 is 33.6 Å². The van der Waals surface area contributed by atoms with Crippen molar-refractivity contribution in [2.45, 2.75) is 53.4 Å². The van der Waals surface area contributed by atoms with Gasteiger partial charge in [0.1, 0.15) is 18.4 Å². The number of benzene rings is 3. The number of carbonyl (C=O) groups excluding carboxylic acids is 1. The summed E-state index contributed by atoms with van der Waals surface area (Å²) in [6.45, 7) is 9.73. The van der Waals surface area contributed by atoms with E-state index in [1.54, 1.807) is 44.2 Å². The normalized spacial score (nSPS) is 14.4. The van der Waals surface area contributed by atoms with E-state index in [9.17, 15) is 14.4 Å². The van der Waals surface area contributed by atoms with Crippen LogP contribution in [0.4, 0.5) is 0 Å². The third kappa shape index (κ3) is 7.32. The Morgan fingerprint density at radius 1 is 1.04 bits per heavy atom. The number of halogens is 1. The predicted octanol–water partition coefficient (Wildman–Crippen LogP) is 5.91. The molecule has 10 nitrogen and oxygen atoms in total. The van der Waals surface area contributed by atoms with Gasteiger partial charge in [0.2, 0.25) is 0 Å². The molecule has 12 heteroatoms. The summed E-state index contributed by atoms with van der Waals surface area (Å²) in [7, 11) is 0. The van der Waals surface area contributed by atoms with Gasteiger partial charge < -0.3 is 24.1 Å². The van der Waals surface area contributed by atoms with E-state index in [1.807, 2.05) is 45.0 Å². The van der Waals surface area contributed by atoms with Gasteiger partial charge in [-0.15, -0.1) is 0 Å². The first-order chi connectivity index (χ1) is 23.0. The van der Waals surface area contributed by atoms with E-state index in [0.717, 1.165) is 5.56 Å². The average molecular weight is 691 g/mol. The zero-order chi connectivity index (χ0) is 34.5. The first-order valence-electron chi connectivity index (χ1n) is 15.4. The van der Waals surface area contributed by atoms with Crippen molar-refractivity contribution in [3.8, 4) is 17.2 Å². The van der Waals surface area contributed by atoms with E-state index in [-0.39, 0.29) is 41.0 Å². The average Bonchev–Trinajstić information content (AvgIpc) is 3.34. The number of aromatic carboxylic acids is 1. The summed E-state index contributed by atoms with van der Waals surface area (Å²) >= 11 is 7.89. The van der Waals surface area contributed by atoms with Crippen LogP contribution in [-0.2, 0) is 16.1 Å². The zero-order valence-corrected chi connectivity index (χ0v) is 28.7. The van der Waals surface area contributed by atoms with E-state index in [1.165, 1.54) is 28.0 Å². The molecule has 1 aromatic heterocycles. The van der Waals surface area contributed by atoms with Gasteiger partial charge in [-0.25, -0.2) is 14.6 Å². The highest BCUT2D eigenvalue weighted by Gasteiger charge is 2.35. The molecule has 0 saturated carbocycles. The van der Waals surface area contributed by atoms with Crippen LogP contribution in [0.3, 0.4) is 0 Å². The largest absolute Gasteiger partial charge is 0.491 e. The van der Waals surface area contributed by atoms with Crippen molar-refractivity contribution in [2.75, 3.05) is 13.2 Å². The number of ether oxygens (including phenoxy) is 4. The van der Waals surface area contributed by atoms with Crippen LogP contribution in [0.15, 0.2) is 81.7 Å². The van der Waals surface area contributed by atoms with Gasteiger partial charge in [0.25, 0.3) is 5.56 Å². The van der Waals surface area contributed by atoms with Gasteiger partial charge >= 0.3 is 11.9 Å².